The fraction of sp³-hybridized carbons (Fsp3) is 0.667. The van der Waals surface area contributed by atoms with E-state index in [4.69, 9.17) is 10.4 Å². The molecule has 0 rings (SSSR count). The summed E-state index contributed by atoms with van der Waals surface area (Å²) in [5.41, 5.74) is 0. The van der Waals surface area contributed by atoms with E-state index in [1.165, 1.54) is 0 Å². The summed E-state index contributed by atoms with van der Waals surface area (Å²) in [6.07, 6.45) is 0.730. The lowest BCUT2D eigenvalue weighted by Gasteiger charge is -2.12. The molecule has 0 aromatic heterocycles. The van der Waals surface area contributed by atoms with Gasteiger partial charge in [0, 0.05) is 12.5 Å². The van der Waals surface area contributed by atoms with E-state index < -0.39 is 5.97 Å². The highest BCUT2D eigenvalue weighted by Crippen LogP contribution is 1.98. The molecule has 5 heteroatoms. The molecule has 0 heterocycles. The second-order valence-corrected chi connectivity index (χ2v) is 2.93. The largest absolute Gasteiger partial charge is 0.481 e. The van der Waals surface area contributed by atoms with E-state index in [2.05, 4.69) is 5.32 Å². The first-order valence-electron chi connectivity index (χ1n) is 4.48. The first-order valence-corrected chi connectivity index (χ1v) is 4.48. The van der Waals surface area contributed by atoms with Crippen molar-refractivity contribution in [3.8, 4) is 6.07 Å². The number of hydrogen-bond acceptors (Lipinski definition) is 3. The van der Waals surface area contributed by atoms with Gasteiger partial charge >= 0.3 is 5.97 Å². The molecule has 78 valence electrons. The summed E-state index contributed by atoms with van der Waals surface area (Å²) in [5.74, 6) is -1.30. The molecule has 0 fully saturated rings. The zero-order valence-electron chi connectivity index (χ0n) is 8.12. The summed E-state index contributed by atoms with van der Waals surface area (Å²) < 4.78 is 0. The summed E-state index contributed by atoms with van der Waals surface area (Å²) in [6.45, 7) is 1.86. The maximum atomic E-state index is 11.1. The Morgan fingerprint density at radius 3 is 2.57 bits per heavy atom. The molecule has 0 bridgehead atoms. The lowest BCUT2D eigenvalue weighted by Crippen LogP contribution is -2.34. The van der Waals surface area contributed by atoms with Crippen LogP contribution in [0.25, 0.3) is 0 Å². The molecule has 0 saturated heterocycles. The van der Waals surface area contributed by atoms with Gasteiger partial charge in [-0.15, -0.1) is 0 Å². The third-order valence-corrected chi connectivity index (χ3v) is 1.76. The van der Waals surface area contributed by atoms with Gasteiger partial charge in [0.25, 0.3) is 0 Å². The lowest BCUT2D eigenvalue weighted by atomic mass is 10.1. The van der Waals surface area contributed by atoms with Gasteiger partial charge < -0.3 is 10.4 Å². The van der Waals surface area contributed by atoms with E-state index in [0.717, 1.165) is 0 Å². The summed E-state index contributed by atoms with van der Waals surface area (Å²) >= 11 is 0. The number of nitriles is 1. The van der Waals surface area contributed by atoms with Crippen LogP contribution in [0.2, 0.25) is 0 Å². The molecule has 0 radical (unpaired) electrons. The van der Waals surface area contributed by atoms with Crippen LogP contribution in [0.1, 0.15) is 32.6 Å². The minimum Gasteiger partial charge on any atom is -0.481 e. The number of hydrogen-bond donors (Lipinski definition) is 2. The number of rotatable bonds is 6. The van der Waals surface area contributed by atoms with Crippen molar-refractivity contribution in [3.05, 3.63) is 0 Å². The normalized spacial score (nSPS) is 11.4. The Morgan fingerprint density at radius 1 is 1.50 bits per heavy atom. The summed E-state index contributed by atoms with van der Waals surface area (Å²) in [4.78, 5) is 21.3. The van der Waals surface area contributed by atoms with E-state index in [-0.39, 0.29) is 31.2 Å². The predicted molar refractivity (Wildman–Crippen MR) is 49.3 cm³/mol. The molecule has 0 aliphatic carbocycles. The van der Waals surface area contributed by atoms with E-state index in [1.807, 2.05) is 13.0 Å². The number of aliphatic carboxylic acids is 1. The molecule has 0 aromatic rings. The molecule has 5 nitrogen and oxygen atoms in total. The van der Waals surface area contributed by atoms with Gasteiger partial charge in [-0.05, 0) is 6.42 Å². The van der Waals surface area contributed by atoms with Gasteiger partial charge in [0.1, 0.15) is 0 Å². The summed E-state index contributed by atoms with van der Waals surface area (Å²) in [5, 5.41) is 19.3. The standard InChI is InChI=1S/C9H14N2O3/c1-2-7(5-6-10)11-8(12)3-4-9(13)14/h7H,2-5H2,1H3,(H,11,12)(H,13,14). The van der Waals surface area contributed by atoms with Crippen LogP contribution in [0.4, 0.5) is 0 Å². The summed E-state index contributed by atoms with van der Waals surface area (Å²) in [6, 6.07) is 1.79. The highest BCUT2D eigenvalue weighted by molar-refractivity contribution is 5.80. The molecule has 2 N–H and O–H groups in total. The van der Waals surface area contributed by atoms with Crippen LogP contribution < -0.4 is 5.32 Å². The van der Waals surface area contributed by atoms with Crippen molar-refractivity contribution in [2.45, 2.75) is 38.6 Å². The van der Waals surface area contributed by atoms with Crippen LogP contribution in [0.5, 0.6) is 0 Å². The smallest absolute Gasteiger partial charge is 0.303 e. The van der Waals surface area contributed by atoms with Gasteiger partial charge in [0.15, 0.2) is 0 Å². The van der Waals surface area contributed by atoms with E-state index in [1.54, 1.807) is 0 Å². The molecule has 1 amide bonds. The number of amides is 1. The van der Waals surface area contributed by atoms with Crippen LogP contribution in [0, 0.1) is 11.3 Å². The molecule has 0 spiro atoms. The molecule has 0 saturated carbocycles. The number of carbonyl (C=O) groups is 2. The van der Waals surface area contributed by atoms with Crippen LogP contribution in [-0.4, -0.2) is 23.0 Å². The quantitative estimate of drug-likeness (QED) is 0.656. The Kier molecular flexibility index (Phi) is 6.12. The Hall–Kier alpha value is -1.57. The highest BCUT2D eigenvalue weighted by atomic mass is 16.4. The third kappa shape index (κ3) is 6.00. The van der Waals surface area contributed by atoms with Crippen LogP contribution in [0.15, 0.2) is 0 Å². The van der Waals surface area contributed by atoms with E-state index in [0.29, 0.717) is 6.42 Å². The molecule has 14 heavy (non-hydrogen) atoms. The number of nitrogens with one attached hydrogen (secondary N) is 1. The van der Waals surface area contributed by atoms with Crippen LogP contribution in [0.3, 0.4) is 0 Å². The second-order valence-electron chi connectivity index (χ2n) is 2.93. The van der Waals surface area contributed by atoms with Crippen molar-refractivity contribution in [1.29, 1.82) is 5.26 Å². The Morgan fingerprint density at radius 2 is 2.14 bits per heavy atom. The summed E-state index contributed by atoms with van der Waals surface area (Å²) in [7, 11) is 0. The van der Waals surface area contributed by atoms with Crippen LogP contribution in [-0.2, 0) is 9.59 Å². The Bertz CT molecular complexity index is 245. The third-order valence-electron chi connectivity index (χ3n) is 1.76. The Balaban J connectivity index is 3.80. The van der Waals surface area contributed by atoms with Gasteiger partial charge in [-0.2, -0.15) is 5.26 Å². The average Bonchev–Trinajstić information content (AvgIpc) is 2.14. The lowest BCUT2D eigenvalue weighted by molar-refractivity contribution is -0.138. The topological polar surface area (TPSA) is 90.2 Å². The van der Waals surface area contributed by atoms with Crippen molar-refractivity contribution in [2.24, 2.45) is 0 Å². The molecule has 1 atom stereocenters. The van der Waals surface area contributed by atoms with Crippen molar-refractivity contribution in [3.63, 3.8) is 0 Å². The van der Waals surface area contributed by atoms with Crippen molar-refractivity contribution in [2.75, 3.05) is 0 Å². The highest BCUT2D eigenvalue weighted by Gasteiger charge is 2.10. The average molecular weight is 198 g/mol. The van der Waals surface area contributed by atoms with Gasteiger partial charge in [0.05, 0.1) is 18.9 Å². The van der Waals surface area contributed by atoms with E-state index in [9.17, 15) is 9.59 Å². The molecule has 0 aliphatic rings. The minimum atomic E-state index is -0.992. The maximum Gasteiger partial charge on any atom is 0.303 e. The first kappa shape index (κ1) is 12.4. The van der Waals surface area contributed by atoms with Crippen molar-refractivity contribution >= 4 is 11.9 Å². The number of carbonyl (C=O) groups excluding carboxylic acids is 1. The number of carboxylic acid groups (broad SMARTS) is 1. The monoisotopic (exact) mass is 198 g/mol. The number of carboxylic acids is 1. The van der Waals surface area contributed by atoms with Gasteiger partial charge in [-0.25, -0.2) is 0 Å². The van der Waals surface area contributed by atoms with Crippen molar-refractivity contribution in [1.82, 2.24) is 5.32 Å². The second kappa shape index (κ2) is 6.89. The van der Waals surface area contributed by atoms with Gasteiger partial charge in [-0.1, -0.05) is 6.92 Å². The zero-order chi connectivity index (χ0) is 11.0. The molecule has 0 aromatic carbocycles. The predicted octanol–water partition coefficient (Wildman–Crippen LogP) is 0.660. The Labute approximate surface area is 82.7 Å². The fourth-order valence-electron chi connectivity index (χ4n) is 0.928. The van der Waals surface area contributed by atoms with Crippen molar-refractivity contribution < 1.29 is 14.7 Å². The molecule has 1 unspecified atom stereocenters. The maximum absolute atomic E-state index is 11.1. The minimum absolute atomic E-state index is 0.0305. The zero-order valence-corrected chi connectivity index (χ0v) is 8.12. The first-order chi connectivity index (χ1) is 6.60. The molecular formula is C9H14N2O3. The van der Waals surface area contributed by atoms with Crippen LogP contribution >= 0.6 is 0 Å². The van der Waals surface area contributed by atoms with Gasteiger partial charge in [-0.3, -0.25) is 9.59 Å². The molecular weight excluding hydrogens is 184 g/mol. The van der Waals surface area contributed by atoms with Gasteiger partial charge in [0.2, 0.25) is 5.91 Å². The van der Waals surface area contributed by atoms with E-state index >= 15 is 0 Å². The molecule has 0 aliphatic heterocycles. The number of nitrogens with zero attached hydrogens (tertiary/aromatic N) is 1. The fourth-order valence-corrected chi connectivity index (χ4v) is 0.928. The SMILES string of the molecule is CCC(CC#N)NC(=O)CCC(=O)O.